The summed E-state index contributed by atoms with van der Waals surface area (Å²) in [5.41, 5.74) is 1.19. The number of hydrogen-bond donors (Lipinski definition) is 2. The first-order valence-electron chi connectivity index (χ1n) is 10.9. The van der Waals surface area contributed by atoms with Gasteiger partial charge in [-0.2, -0.15) is 0 Å². The van der Waals surface area contributed by atoms with Crippen LogP contribution in [0.4, 0.5) is 31.7 Å². The predicted molar refractivity (Wildman–Crippen MR) is 141 cm³/mol. The molecule has 0 aliphatic heterocycles. The molecule has 2 N–H and O–H groups in total. The Bertz CT molecular complexity index is 1840. The van der Waals surface area contributed by atoms with Crippen molar-refractivity contribution in [1.82, 2.24) is 15.0 Å². The van der Waals surface area contributed by atoms with Gasteiger partial charge < -0.3 is 5.32 Å². The number of hydrogen-bond acceptors (Lipinski definition) is 6. The van der Waals surface area contributed by atoms with Gasteiger partial charge >= 0.3 is 0 Å². The molecule has 0 saturated carbocycles. The van der Waals surface area contributed by atoms with Crippen molar-refractivity contribution in [2.24, 2.45) is 0 Å². The van der Waals surface area contributed by atoms with Crippen LogP contribution >= 0.6 is 11.6 Å². The molecule has 0 radical (unpaired) electrons. The van der Waals surface area contributed by atoms with Crippen LogP contribution < -0.4 is 10.0 Å². The first-order valence-corrected chi connectivity index (χ1v) is 12.7. The molecule has 0 unspecified atom stereocenters. The molecule has 0 atom stereocenters. The van der Waals surface area contributed by atoms with Crippen molar-refractivity contribution in [3.63, 3.8) is 0 Å². The minimum absolute atomic E-state index is 0.00135. The molecule has 188 valence electrons. The summed E-state index contributed by atoms with van der Waals surface area (Å²) in [6, 6.07) is 17.7. The maximum absolute atomic E-state index is 15.4. The minimum Gasteiger partial charge on any atom is -0.333 e. The van der Waals surface area contributed by atoms with Crippen LogP contribution in [-0.4, -0.2) is 23.4 Å². The molecule has 3 aromatic carbocycles. The summed E-state index contributed by atoms with van der Waals surface area (Å²) in [6.45, 7) is 7.09. The highest BCUT2D eigenvalue weighted by atomic mass is 35.5. The average Bonchev–Trinajstić information content (AvgIpc) is 2.92. The number of halogens is 3. The zero-order valence-corrected chi connectivity index (χ0v) is 20.7. The summed E-state index contributed by atoms with van der Waals surface area (Å²) in [4.78, 5) is 15.9. The van der Waals surface area contributed by atoms with E-state index in [0.717, 1.165) is 12.1 Å². The van der Waals surface area contributed by atoms with Crippen LogP contribution in [0.2, 0.25) is 5.02 Å². The standard InChI is InChI=1S/C26H15ClF2N6O2S/c1-30-16-8-6-15(7-9-16)19-12-13-21-25(33-19)26(32-14-31-21)34-24-18(28)10-11-20(23(24)29)35-38(36,37)22-5-3-2-4-17(22)27/h2-14,35H,(H,31,32,34). The number of nitrogens with zero attached hydrogens (tertiary/aromatic N) is 4. The van der Waals surface area contributed by atoms with Gasteiger partial charge in [-0.25, -0.2) is 37.0 Å². The molecule has 0 fully saturated rings. The molecule has 5 rings (SSSR count). The number of rotatable bonds is 6. The highest BCUT2D eigenvalue weighted by molar-refractivity contribution is 7.92. The SMILES string of the molecule is [C-]#[N+]c1ccc(-c2ccc3ncnc(Nc4c(F)ccc(NS(=O)(=O)c5ccccc5Cl)c4F)c3n2)cc1. The lowest BCUT2D eigenvalue weighted by Gasteiger charge is -2.14. The van der Waals surface area contributed by atoms with Gasteiger partial charge in [0.05, 0.1) is 28.5 Å². The quantitative estimate of drug-likeness (QED) is 0.228. The molecule has 0 saturated heterocycles. The van der Waals surface area contributed by atoms with Gasteiger partial charge in [-0.1, -0.05) is 48.0 Å². The minimum atomic E-state index is -4.27. The lowest BCUT2D eigenvalue weighted by Crippen LogP contribution is -2.15. The average molecular weight is 549 g/mol. The summed E-state index contributed by atoms with van der Waals surface area (Å²) < 4.78 is 57.9. The molecule has 0 bridgehead atoms. The monoisotopic (exact) mass is 548 g/mol. The molecule has 8 nitrogen and oxygen atoms in total. The third-order valence-corrected chi connectivity index (χ3v) is 7.34. The van der Waals surface area contributed by atoms with E-state index in [1.807, 2.05) is 0 Å². The molecule has 2 aromatic heterocycles. The van der Waals surface area contributed by atoms with Gasteiger partial charge in [0.2, 0.25) is 0 Å². The van der Waals surface area contributed by atoms with E-state index in [4.69, 9.17) is 18.2 Å². The lowest BCUT2D eigenvalue weighted by atomic mass is 10.1. The Morgan fingerprint density at radius 1 is 0.921 bits per heavy atom. The van der Waals surface area contributed by atoms with Crippen LogP contribution in [0.1, 0.15) is 0 Å². The van der Waals surface area contributed by atoms with Crippen molar-refractivity contribution < 1.29 is 17.2 Å². The fraction of sp³-hybridized carbons (Fsp3) is 0. The van der Waals surface area contributed by atoms with Crippen molar-refractivity contribution in [3.8, 4) is 11.3 Å². The van der Waals surface area contributed by atoms with Crippen LogP contribution in [0, 0.1) is 18.2 Å². The topological polar surface area (TPSA) is 101 Å². The van der Waals surface area contributed by atoms with Gasteiger partial charge in [-0.15, -0.1) is 0 Å². The van der Waals surface area contributed by atoms with Crippen molar-refractivity contribution in [2.45, 2.75) is 4.90 Å². The Hall–Kier alpha value is -4.66. The highest BCUT2D eigenvalue weighted by Gasteiger charge is 2.23. The van der Waals surface area contributed by atoms with Crippen LogP contribution in [0.15, 0.2) is 84.0 Å². The normalized spacial score (nSPS) is 11.2. The fourth-order valence-corrected chi connectivity index (χ4v) is 5.21. The number of benzene rings is 3. The van der Waals surface area contributed by atoms with Gasteiger partial charge in [0.15, 0.2) is 17.3 Å². The molecule has 5 aromatic rings. The first-order chi connectivity index (χ1) is 18.3. The Balaban J connectivity index is 1.53. The molecule has 0 spiro atoms. The Morgan fingerprint density at radius 2 is 1.68 bits per heavy atom. The van der Waals surface area contributed by atoms with Crippen molar-refractivity contribution in [1.29, 1.82) is 0 Å². The molecule has 12 heteroatoms. The Labute approximate surface area is 220 Å². The zero-order valence-electron chi connectivity index (χ0n) is 19.2. The molecular weight excluding hydrogens is 534 g/mol. The number of anilines is 3. The molecule has 38 heavy (non-hydrogen) atoms. The summed E-state index contributed by atoms with van der Waals surface area (Å²) in [6.07, 6.45) is 1.20. The summed E-state index contributed by atoms with van der Waals surface area (Å²) in [5, 5.41) is 2.54. The van der Waals surface area contributed by atoms with E-state index in [1.54, 1.807) is 42.5 Å². The van der Waals surface area contributed by atoms with Crippen molar-refractivity contribution in [2.75, 3.05) is 10.0 Å². The summed E-state index contributed by atoms with van der Waals surface area (Å²) >= 11 is 5.99. The maximum atomic E-state index is 15.4. The van der Waals surface area contributed by atoms with Gasteiger partial charge in [0.1, 0.15) is 28.2 Å². The molecule has 0 aliphatic rings. The first kappa shape index (κ1) is 25.0. The van der Waals surface area contributed by atoms with Gasteiger partial charge in [0.25, 0.3) is 10.0 Å². The number of nitrogens with one attached hydrogen (secondary N) is 2. The highest BCUT2D eigenvalue weighted by Crippen LogP contribution is 2.33. The van der Waals surface area contributed by atoms with Crippen LogP contribution in [-0.2, 0) is 10.0 Å². The van der Waals surface area contributed by atoms with E-state index in [-0.39, 0.29) is 21.3 Å². The zero-order chi connectivity index (χ0) is 26.9. The maximum Gasteiger partial charge on any atom is 0.263 e. The second-order valence-electron chi connectivity index (χ2n) is 7.89. The lowest BCUT2D eigenvalue weighted by molar-refractivity contribution is 0.588. The number of pyridine rings is 1. The number of fused-ring (bicyclic) bond motifs is 1. The number of sulfonamides is 1. The van der Waals surface area contributed by atoms with E-state index < -0.39 is 33.0 Å². The van der Waals surface area contributed by atoms with Crippen LogP contribution in [0.25, 0.3) is 27.1 Å². The van der Waals surface area contributed by atoms with Crippen LogP contribution in [0.5, 0.6) is 0 Å². The predicted octanol–water partition coefficient (Wildman–Crippen LogP) is 6.72. The summed E-state index contributed by atoms with van der Waals surface area (Å²) in [5.74, 6) is -2.18. The van der Waals surface area contributed by atoms with E-state index in [2.05, 4.69) is 29.8 Å². The second-order valence-corrected chi connectivity index (χ2v) is 9.95. The van der Waals surface area contributed by atoms with Crippen molar-refractivity contribution in [3.05, 3.63) is 107 Å². The van der Waals surface area contributed by atoms with E-state index >= 15 is 4.39 Å². The Morgan fingerprint density at radius 3 is 2.42 bits per heavy atom. The number of aromatic nitrogens is 3. The van der Waals surface area contributed by atoms with Crippen LogP contribution in [0.3, 0.4) is 0 Å². The van der Waals surface area contributed by atoms with E-state index in [0.29, 0.717) is 22.5 Å². The molecular formula is C26H15ClF2N6O2S. The largest absolute Gasteiger partial charge is 0.333 e. The smallest absolute Gasteiger partial charge is 0.263 e. The second kappa shape index (κ2) is 10.0. The van der Waals surface area contributed by atoms with E-state index in [1.165, 1.54) is 24.5 Å². The van der Waals surface area contributed by atoms with Crippen molar-refractivity contribution >= 4 is 55.5 Å². The molecule has 0 amide bonds. The molecule has 0 aliphatic carbocycles. The fourth-order valence-electron chi connectivity index (χ4n) is 3.63. The van der Waals surface area contributed by atoms with Gasteiger partial charge in [-0.05, 0) is 42.0 Å². The third-order valence-electron chi connectivity index (χ3n) is 5.48. The summed E-state index contributed by atoms with van der Waals surface area (Å²) in [7, 11) is -4.27. The Kier molecular flexibility index (Phi) is 6.59. The van der Waals surface area contributed by atoms with Gasteiger partial charge in [-0.3, -0.25) is 4.72 Å². The van der Waals surface area contributed by atoms with Gasteiger partial charge in [0, 0.05) is 0 Å². The van der Waals surface area contributed by atoms with E-state index in [9.17, 15) is 12.8 Å². The molecule has 2 heterocycles. The third kappa shape index (κ3) is 4.82.